The third kappa shape index (κ3) is 5.14. The molecule has 0 saturated heterocycles. The average molecular weight is 789 g/mol. The summed E-state index contributed by atoms with van der Waals surface area (Å²) in [6.45, 7) is 2.28. The normalized spacial score (nSPS) is 14.0. The van der Waals surface area contributed by atoms with Gasteiger partial charge in [-0.15, -0.1) is 0 Å². The van der Waals surface area contributed by atoms with E-state index in [1.807, 2.05) is 0 Å². The number of anilines is 3. The summed E-state index contributed by atoms with van der Waals surface area (Å²) in [5, 5.41) is 8.58. The van der Waals surface area contributed by atoms with E-state index >= 15 is 0 Å². The molecule has 1 aliphatic heterocycles. The van der Waals surface area contributed by atoms with Crippen molar-refractivity contribution in [1.29, 1.82) is 0 Å². The largest absolute Gasteiger partial charge is 0.309 e. The van der Waals surface area contributed by atoms with Crippen molar-refractivity contribution < 1.29 is 0 Å². The number of aryl methyl sites for hydroxylation is 1. The van der Waals surface area contributed by atoms with Crippen molar-refractivity contribution in [1.82, 2.24) is 4.98 Å². The standard InChI is InChI=1S/C60H40N2/c1-37-43-20-11-12-27-53(43)61-60(57(37)42-30-29-41-35-51(38-15-3-2-4-16-38)45-22-7-8-23-46(45)52(41)36-42)49-32-34-54(48-25-10-9-24-47(48)49)62-55-28-14-19-40-18-13-26-50(58(40)55)59-44-21-6-5-17-39(44)31-33-56(59)62/h2-34,36,51H,35H2,1H3. The average Bonchev–Trinajstić information content (AvgIpc) is 3.34. The van der Waals surface area contributed by atoms with Crippen LogP contribution in [0.5, 0.6) is 0 Å². The van der Waals surface area contributed by atoms with Crippen molar-refractivity contribution in [2.75, 3.05) is 4.90 Å². The Bertz CT molecular complexity index is 3630. The van der Waals surface area contributed by atoms with Crippen molar-refractivity contribution in [3.63, 3.8) is 0 Å². The summed E-state index contributed by atoms with van der Waals surface area (Å²) >= 11 is 0. The second-order valence-corrected chi connectivity index (χ2v) is 17.0. The third-order valence-corrected chi connectivity index (χ3v) is 13.7. The van der Waals surface area contributed by atoms with E-state index in [0.717, 1.165) is 28.9 Å². The highest BCUT2D eigenvalue weighted by molar-refractivity contribution is 6.21. The Morgan fingerprint density at radius 1 is 0.452 bits per heavy atom. The lowest BCUT2D eigenvalue weighted by molar-refractivity contribution is 0.794. The summed E-state index contributed by atoms with van der Waals surface area (Å²) in [6.07, 6.45) is 0.970. The molecule has 290 valence electrons. The van der Waals surface area contributed by atoms with Gasteiger partial charge in [0.05, 0.1) is 28.3 Å². The number of para-hydroxylation sites is 1. The molecule has 2 heteroatoms. The van der Waals surface area contributed by atoms with Gasteiger partial charge >= 0.3 is 0 Å². The van der Waals surface area contributed by atoms with Crippen molar-refractivity contribution >= 4 is 60.3 Å². The summed E-state index contributed by atoms with van der Waals surface area (Å²) in [4.78, 5) is 8.11. The minimum absolute atomic E-state index is 0.321. The van der Waals surface area contributed by atoms with E-state index in [2.05, 4.69) is 218 Å². The van der Waals surface area contributed by atoms with E-state index in [0.29, 0.717) is 5.92 Å². The zero-order chi connectivity index (χ0) is 40.9. The summed E-state index contributed by atoms with van der Waals surface area (Å²) in [7, 11) is 0. The number of rotatable bonds is 4. The molecule has 0 spiro atoms. The summed E-state index contributed by atoms with van der Waals surface area (Å²) < 4.78 is 0. The van der Waals surface area contributed by atoms with Gasteiger partial charge in [0.1, 0.15) is 0 Å². The number of nitrogens with zero attached hydrogens (tertiary/aromatic N) is 2. The molecule has 0 saturated carbocycles. The zero-order valence-electron chi connectivity index (χ0n) is 34.3. The first-order chi connectivity index (χ1) is 30.7. The van der Waals surface area contributed by atoms with Crippen LogP contribution in [0.1, 0.15) is 28.2 Å². The SMILES string of the molecule is Cc1c(-c2ccc3c(c2)-c2ccccc2C(c2ccccc2)C3)c(-c2ccc(N3c4ccc5ccccc5c4-c4cccc5cccc3c45)c3ccccc23)nc2ccccc12. The maximum Gasteiger partial charge on any atom is 0.0796 e. The van der Waals surface area contributed by atoms with Crippen LogP contribution in [0.15, 0.2) is 206 Å². The zero-order valence-corrected chi connectivity index (χ0v) is 34.3. The fourth-order valence-corrected chi connectivity index (χ4v) is 11.0. The molecule has 1 atom stereocenters. The quantitative estimate of drug-likeness (QED) is 0.177. The van der Waals surface area contributed by atoms with Gasteiger partial charge < -0.3 is 4.90 Å². The molecule has 2 aliphatic rings. The molecule has 11 aromatic rings. The minimum atomic E-state index is 0.321. The van der Waals surface area contributed by atoms with Gasteiger partial charge in [-0.3, -0.25) is 0 Å². The number of fused-ring (bicyclic) bond motifs is 9. The summed E-state index contributed by atoms with van der Waals surface area (Å²) in [5.41, 5.74) is 19.6. The van der Waals surface area contributed by atoms with Crippen LogP contribution in [-0.4, -0.2) is 4.98 Å². The van der Waals surface area contributed by atoms with E-state index in [9.17, 15) is 0 Å². The second-order valence-electron chi connectivity index (χ2n) is 17.0. The Morgan fingerprint density at radius 2 is 1.15 bits per heavy atom. The summed E-state index contributed by atoms with van der Waals surface area (Å²) in [5.74, 6) is 0.321. The predicted molar refractivity (Wildman–Crippen MR) is 261 cm³/mol. The maximum atomic E-state index is 5.60. The van der Waals surface area contributed by atoms with Crippen molar-refractivity contribution in [2.45, 2.75) is 19.3 Å². The molecule has 0 radical (unpaired) electrons. The van der Waals surface area contributed by atoms with Crippen molar-refractivity contribution in [3.8, 4) is 44.6 Å². The van der Waals surface area contributed by atoms with Crippen molar-refractivity contribution in [3.05, 3.63) is 229 Å². The lowest BCUT2D eigenvalue weighted by Gasteiger charge is -2.35. The highest BCUT2D eigenvalue weighted by Crippen LogP contribution is 2.55. The van der Waals surface area contributed by atoms with E-state index in [-0.39, 0.29) is 0 Å². The van der Waals surface area contributed by atoms with Gasteiger partial charge in [0.15, 0.2) is 0 Å². The first-order valence-corrected chi connectivity index (χ1v) is 21.7. The topological polar surface area (TPSA) is 16.1 Å². The Kier molecular flexibility index (Phi) is 7.68. The van der Waals surface area contributed by atoms with Gasteiger partial charge in [0.25, 0.3) is 0 Å². The molecule has 2 heterocycles. The molecule has 1 unspecified atom stereocenters. The van der Waals surface area contributed by atoms with Crippen LogP contribution in [0.4, 0.5) is 17.1 Å². The van der Waals surface area contributed by atoms with Crippen LogP contribution in [0.25, 0.3) is 87.9 Å². The highest BCUT2D eigenvalue weighted by Gasteiger charge is 2.30. The van der Waals surface area contributed by atoms with Crippen LogP contribution < -0.4 is 4.90 Å². The number of hydrogen-bond acceptors (Lipinski definition) is 2. The molecule has 1 aliphatic carbocycles. The van der Waals surface area contributed by atoms with Crippen LogP contribution in [0, 0.1) is 6.92 Å². The van der Waals surface area contributed by atoms with E-state index in [1.165, 1.54) is 105 Å². The smallest absolute Gasteiger partial charge is 0.0796 e. The third-order valence-electron chi connectivity index (χ3n) is 13.7. The van der Waals surface area contributed by atoms with Gasteiger partial charge in [-0.25, -0.2) is 4.98 Å². The fourth-order valence-electron chi connectivity index (χ4n) is 11.0. The maximum absolute atomic E-state index is 5.60. The van der Waals surface area contributed by atoms with Crippen LogP contribution in [-0.2, 0) is 6.42 Å². The Labute approximate surface area is 361 Å². The lowest BCUT2D eigenvalue weighted by Crippen LogP contribution is -2.15. The molecule has 1 aromatic heterocycles. The Morgan fingerprint density at radius 3 is 2.03 bits per heavy atom. The molecular weight excluding hydrogens is 749 g/mol. The van der Waals surface area contributed by atoms with Gasteiger partial charge in [-0.1, -0.05) is 176 Å². The molecule has 13 rings (SSSR count). The van der Waals surface area contributed by atoms with Gasteiger partial charge in [-0.2, -0.15) is 0 Å². The van der Waals surface area contributed by atoms with Crippen LogP contribution >= 0.6 is 0 Å². The lowest BCUT2D eigenvalue weighted by atomic mass is 9.75. The van der Waals surface area contributed by atoms with Crippen LogP contribution in [0.2, 0.25) is 0 Å². The molecule has 62 heavy (non-hydrogen) atoms. The Hall–Kier alpha value is -7.81. The summed E-state index contributed by atoms with van der Waals surface area (Å²) in [6, 6.07) is 76.3. The molecule has 10 aromatic carbocycles. The second kappa shape index (κ2) is 13.6. The number of hydrogen-bond donors (Lipinski definition) is 0. The first-order valence-electron chi connectivity index (χ1n) is 21.7. The molecule has 0 N–H and O–H groups in total. The molecule has 2 nitrogen and oxygen atoms in total. The predicted octanol–water partition coefficient (Wildman–Crippen LogP) is 16.1. The minimum Gasteiger partial charge on any atom is -0.309 e. The fraction of sp³-hybridized carbons (Fsp3) is 0.0500. The van der Waals surface area contributed by atoms with Crippen molar-refractivity contribution in [2.24, 2.45) is 0 Å². The molecular formula is C60H40N2. The van der Waals surface area contributed by atoms with Crippen LogP contribution in [0.3, 0.4) is 0 Å². The number of benzene rings is 10. The van der Waals surface area contributed by atoms with E-state index in [4.69, 9.17) is 4.98 Å². The van der Waals surface area contributed by atoms with E-state index in [1.54, 1.807) is 0 Å². The Balaban J connectivity index is 1.04. The molecule has 0 amide bonds. The monoisotopic (exact) mass is 788 g/mol. The number of pyridine rings is 1. The van der Waals surface area contributed by atoms with E-state index < -0.39 is 0 Å². The van der Waals surface area contributed by atoms with Gasteiger partial charge in [0, 0.05) is 38.8 Å². The molecule has 0 bridgehead atoms. The highest BCUT2D eigenvalue weighted by atomic mass is 15.2. The van der Waals surface area contributed by atoms with Gasteiger partial charge in [0.2, 0.25) is 0 Å². The molecule has 0 fully saturated rings. The van der Waals surface area contributed by atoms with Gasteiger partial charge in [-0.05, 0) is 110 Å². The first kappa shape index (κ1) is 35.0. The number of aromatic nitrogens is 1.